The summed E-state index contributed by atoms with van der Waals surface area (Å²) in [4.78, 5) is 26.3. The summed E-state index contributed by atoms with van der Waals surface area (Å²) < 4.78 is 7.04. The van der Waals surface area contributed by atoms with E-state index in [-0.39, 0.29) is 24.9 Å². The van der Waals surface area contributed by atoms with Crippen molar-refractivity contribution in [2.45, 2.75) is 32.2 Å². The van der Waals surface area contributed by atoms with Crippen molar-refractivity contribution >= 4 is 17.6 Å². The summed E-state index contributed by atoms with van der Waals surface area (Å²) in [7, 11) is 0. The largest absolute Gasteiger partial charge is 0.463 e. The number of esters is 1. The maximum absolute atomic E-state index is 12.4. The lowest BCUT2D eigenvalue weighted by Gasteiger charge is -2.17. The lowest BCUT2D eigenvalue weighted by molar-refractivity contribution is -0.148. The normalized spacial score (nSPS) is 19.3. The third kappa shape index (κ3) is 3.29. The molecule has 4 rings (SSSR count). The Balaban J connectivity index is 1.35. The monoisotopic (exact) mass is 339 g/mol. The number of aryl methyl sites for hydroxylation is 2. The molecule has 2 aromatic rings. The summed E-state index contributed by atoms with van der Waals surface area (Å²) in [6, 6.07) is 8.03. The van der Waals surface area contributed by atoms with E-state index in [1.807, 2.05) is 18.3 Å². The molecule has 1 amide bonds. The molecule has 6 heteroatoms. The Morgan fingerprint density at radius 2 is 2.16 bits per heavy atom. The van der Waals surface area contributed by atoms with Crippen LogP contribution in [0.4, 0.5) is 5.69 Å². The van der Waals surface area contributed by atoms with Crippen LogP contribution in [0.2, 0.25) is 0 Å². The van der Waals surface area contributed by atoms with Gasteiger partial charge in [-0.05, 0) is 48.6 Å². The molecule has 0 bridgehead atoms. The zero-order valence-corrected chi connectivity index (χ0v) is 14.1. The van der Waals surface area contributed by atoms with E-state index in [0.29, 0.717) is 13.1 Å². The van der Waals surface area contributed by atoms with Crippen molar-refractivity contribution in [3.8, 4) is 0 Å². The van der Waals surface area contributed by atoms with Gasteiger partial charge in [0, 0.05) is 31.0 Å². The van der Waals surface area contributed by atoms with Crippen LogP contribution in [0.25, 0.3) is 0 Å². The van der Waals surface area contributed by atoms with Gasteiger partial charge in [0.15, 0.2) is 0 Å². The molecular weight excluding hydrogens is 318 g/mol. The number of fused-ring (bicyclic) bond motifs is 1. The fraction of sp³-hybridized carbons (Fsp3) is 0.421. The van der Waals surface area contributed by atoms with E-state index in [2.05, 4.69) is 17.2 Å². The van der Waals surface area contributed by atoms with Gasteiger partial charge in [-0.2, -0.15) is 5.10 Å². The van der Waals surface area contributed by atoms with Crippen molar-refractivity contribution in [3.63, 3.8) is 0 Å². The highest BCUT2D eigenvalue weighted by Crippen LogP contribution is 2.30. The number of benzene rings is 1. The molecule has 1 aromatic carbocycles. The number of carbonyl (C=O) groups is 2. The van der Waals surface area contributed by atoms with Gasteiger partial charge in [0.1, 0.15) is 6.61 Å². The number of anilines is 1. The molecule has 25 heavy (non-hydrogen) atoms. The molecule has 0 spiro atoms. The Labute approximate surface area is 146 Å². The van der Waals surface area contributed by atoms with Gasteiger partial charge >= 0.3 is 5.97 Å². The Hall–Kier alpha value is -2.63. The van der Waals surface area contributed by atoms with E-state index in [1.54, 1.807) is 15.8 Å². The van der Waals surface area contributed by atoms with Crippen LogP contribution in [0.1, 0.15) is 24.0 Å². The smallest absolute Gasteiger partial charge is 0.311 e. The molecule has 130 valence electrons. The first-order chi connectivity index (χ1) is 12.2. The molecule has 0 unspecified atom stereocenters. The molecule has 1 aromatic heterocycles. The average molecular weight is 339 g/mol. The van der Waals surface area contributed by atoms with E-state index in [9.17, 15) is 9.59 Å². The molecule has 0 N–H and O–H groups in total. The van der Waals surface area contributed by atoms with E-state index < -0.39 is 5.92 Å². The van der Waals surface area contributed by atoms with Gasteiger partial charge in [0.05, 0.1) is 12.5 Å². The third-order valence-corrected chi connectivity index (χ3v) is 4.98. The van der Waals surface area contributed by atoms with Crippen LogP contribution in [0.5, 0.6) is 0 Å². The summed E-state index contributed by atoms with van der Waals surface area (Å²) in [5.41, 5.74) is 3.61. The number of nitrogens with zero attached hydrogens (tertiary/aromatic N) is 3. The molecule has 1 aliphatic heterocycles. The molecule has 1 fully saturated rings. The zero-order chi connectivity index (χ0) is 17.2. The maximum Gasteiger partial charge on any atom is 0.311 e. The topological polar surface area (TPSA) is 64.4 Å². The minimum atomic E-state index is -0.390. The van der Waals surface area contributed by atoms with Gasteiger partial charge in [-0.3, -0.25) is 14.3 Å². The molecule has 6 nitrogen and oxygen atoms in total. The summed E-state index contributed by atoms with van der Waals surface area (Å²) in [5, 5.41) is 4.07. The molecule has 2 aliphatic rings. The second-order valence-electron chi connectivity index (χ2n) is 6.65. The molecule has 1 saturated heterocycles. The Morgan fingerprint density at radius 3 is 3.00 bits per heavy atom. The van der Waals surface area contributed by atoms with Gasteiger partial charge in [-0.1, -0.05) is 6.07 Å². The SMILES string of the molecule is O=C(OCCn1cccn1)[C@@H]1CC(=O)N(c2ccc3c(c2)CCC3)C1. The second kappa shape index (κ2) is 6.70. The van der Waals surface area contributed by atoms with Crippen LogP contribution in [0.15, 0.2) is 36.7 Å². The van der Waals surface area contributed by atoms with Crippen molar-refractivity contribution < 1.29 is 14.3 Å². The van der Waals surface area contributed by atoms with Crippen molar-refractivity contribution in [3.05, 3.63) is 47.8 Å². The van der Waals surface area contributed by atoms with Gasteiger partial charge < -0.3 is 9.64 Å². The number of rotatable bonds is 5. The standard InChI is InChI=1S/C19H21N3O3/c23-18-12-16(19(24)25-10-9-21-8-2-7-20-21)13-22(18)17-6-5-14-3-1-4-15(14)11-17/h2,5-8,11,16H,1,3-4,9-10,12-13H2/t16-/m1/s1. The van der Waals surface area contributed by atoms with Crippen molar-refractivity contribution in [2.24, 2.45) is 5.92 Å². The molecule has 0 radical (unpaired) electrons. The quantitative estimate of drug-likeness (QED) is 0.781. The van der Waals surface area contributed by atoms with Crippen molar-refractivity contribution in [1.29, 1.82) is 0 Å². The fourth-order valence-corrected chi connectivity index (χ4v) is 3.63. The van der Waals surface area contributed by atoms with E-state index >= 15 is 0 Å². The number of hydrogen-bond acceptors (Lipinski definition) is 4. The van der Waals surface area contributed by atoms with Gasteiger partial charge in [-0.15, -0.1) is 0 Å². The van der Waals surface area contributed by atoms with E-state index in [0.717, 1.165) is 18.5 Å². The molecule has 0 saturated carbocycles. The second-order valence-corrected chi connectivity index (χ2v) is 6.65. The number of aromatic nitrogens is 2. The Morgan fingerprint density at radius 1 is 1.28 bits per heavy atom. The molecule has 2 heterocycles. The van der Waals surface area contributed by atoms with Crippen LogP contribution >= 0.6 is 0 Å². The van der Waals surface area contributed by atoms with Crippen LogP contribution in [-0.4, -0.2) is 34.8 Å². The van der Waals surface area contributed by atoms with Crippen LogP contribution < -0.4 is 4.90 Å². The molecule has 1 atom stereocenters. The maximum atomic E-state index is 12.4. The van der Waals surface area contributed by atoms with E-state index in [4.69, 9.17) is 4.74 Å². The first kappa shape index (κ1) is 15.9. The van der Waals surface area contributed by atoms with E-state index in [1.165, 1.54) is 17.5 Å². The minimum Gasteiger partial charge on any atom is -0.463 e. The highest BCUT2D eigenvalue weighted by atomic mass is 16.5. The summed E-state index contributed by atoms with van der Waals surface area (Å²) in [5.74, 6) is -0.700. The number of hydrogen-bond donors (Lipinski definition) is 0. The lowest BCUT2D eigenvalue weighted by atomic mass is 10.1. The third-order valence-electron chi connectivity index (χ3n) is 4.98. The minimum absolute atomic E-state index is 0.00743. The lowest BCUT2D eigenvalue weighted by Crippen LogP contribution is -2.27. The highest BCUT2D eigenvalue weighted by Gasteiger charge is 2.36. The first-order valence-corrected chi connectivity index (χ1v) is 8.77. The predicted molar refractivity (Wildman–Crippen MR) is 92.1 cm³/mol. The Kier molecular flexibility index (Phi) is 4.26. The van der Waals surface area contributed by atoms with Crippen LogP contribution in [-0.2, 0) is 33.7 Å². The fourth-order valence-electron chi connectivity index (χ4n) is 3.63. The number of carbonyl (C=O) groups excluding carboxylic acids is 2. The van der Waals surface area contributed by atoms with Crippen molar-refractivity contribution in [2.75, 3.05) is 18.1 Å². The van der Waals surface area contributed by atoms with Crippen molar-refractivity contribution in [1.82, 2.24) is 9.78 Å². The van der Waals surface area contributed by atoms with Gasteiger partial charge in [0.2, 0.25) is 5.91 Å². The highest BCUT2D eigenvalue weighted by molar-refractivity contribution is 5.99. The summed E-state index contributed by atoms with van der Waals surface area (Å²) in [6.07, 6.45) is 7.10. The summed E-state index contributed by atoms with van der Waals surface area (Å²) >= 11 is 0. The summed E-state index contributed by atoms with van der Waals surface area (Å²) in [6.45, 7) is 1.19. The van der Waals surface area contributed by atoms with Crippen LogP contribution in [0, 0.1) is 5.92 Å². The van der Waals surface area contributed by atoms with Gasteiger partial charge in [0.25, 0.3) is 0 Å². The average Bonchev–Trinajstić information content (AvgIpc) is 3.34. The molecule has 1 aliphatic carbocycles. The number of ether oxygens (including phenoxy) is 1. The number of amides is 1. The first-order valence-electron chi connectivity index (χ1n) is 8.77. The Bertz CT molecular complexity index is 785. The zero-order valence-electron chi connectivity index (χ0n) is 14.1. The van der Waals surface area contributed by atoms with Gasteiger partial charge in [-0.25, -0.2) is 0 Å². The predicted octanol–water partition coefficient (Wildman–Crippen LogP) is 1.97. The van der Waals surface area contributed by atoms with Crippen LogP contribution in [0.3, 0.4) is 0 Å². The molecular formula is C19H21N3O3.